The Hall–Kier alpha value is -3.12. The standard InChI is InChI=1S/C27H20/c1-4-12-21(13-5-1)25-20-27(22-14-6-2-7-15-22,23-16-8-3-9-17-23)26-19-11-10-18-24(25)26/h1,4-19,25H,20H2. The summed E-state index contributed by atoms with van der Waals surface area (Å²) in [7, 11) is 0. The zero-order chi connectivity index (χ0) is 18.1. The molecule has 0 saturated carbocycles. The van der Waals surface area contributed by atoms with E-state index in [-0.39, 0.29) is 5.41 Å². The quantitative estimate of drug-likeness (QED) is 0.418. The van der Waals surface area contributed by atoms with Crippen LogP contribution in [0.4, 0.5) is 0 Å². The van der Waals surface area contributed by atoms with Crippen LogP contribution in [0.2, 0.25) is 0 Å². The van der Waals surface area contributed by atoms with Crippen LogP contribution < -0.4 is 0 Å². The second kappa shape index (κ2) is 6.55. The highest BCUT2D eigenvalue weighted by Crippen LogP contribution is 2.55. The van der Waals surface area contributed by atoms with Crippen molar-refractivity contribution in [1.29, 1.82) is 0 Å². The highest BCUT2D eigenvalue weighted by atomic mass is 14.5. The first-order valence-electron chi connectivity index (χ1n) is 9.47. The molecule has 1 aliphatic carbocycles. The molecule has 27 heavy (non-hydrogen) atoms. The minimum atomic E-state index is -0.151. The van der Waals surface area contributed by atoms with Crippen LogP contribution in [0.3, 0.4) is 0 Å². The van der Waals surface area contributed by atoms with Gasteiger partial charge in [-0.1, -0.05) is 103 Å². The van der Waals surface area contributed by atoms with Crippen molar-refractivity contribution in [3.05, 3.63) is 143 Å². The van der Waals surface area contributed by atoms with Gasteiger partial charge in [-0.25, -0.2) is 0 Å². The van der Waals surface area contributed by atoms with Crippen molar-refractivity contribution in [1.82, 2.24) is 0 Å². The van der Waals surface area contributed by atoms with E-state index in [1.165, 1.54) is 27.8 Å². The Labute approximate surface area is 161 Å². The SMILES string of the molecule is [c]1ccc(C2(c3cc[c]cc3)CC(c3ccccc3)c3ccccc32)cc1. The minimum absolute atomic E-state index is 0.151. The number of benzene rings is 4. The summed E-state index contributed by atoms with van der Waals surface area (Å²) in [6, 6.07) is 43.3. The van der Waals surface area contributed by atoms with Gasteiger partial charge in [0.05, 0.1) is 0 Å². The molecule has 1 unspecified atom stereocenters. The molecule has 5 rings (SSSR count). The highest BCUT2D eigenvalue weighted by Gasteiger charge is 2.46. The van der Waals surface area contributed by atoms with Crippen LogP contribution in [0, 0.1) is 12.1 Å². The zero-order valence-corrected chi connectivity index (χ0v) is 15.1. The molecule has 2 radical (unpaired) electrons. The van der Waals surface area contributed by atoms with Crippen LogP contribution in [0.15, 0.2) is 103 Å². The maximum absolute atomic E-state index is 3.19. The summed E-state index contributed by atoms with van der Waals surface area (Å²) in [6.07, 6.45) is 1.03. The van der Waals surface area contributed by atoms with Crippen LogP contribution in [0.1, 0.15) is 40.2 Å². The number of hydrogen-bond donors (Lipinski definition) is 0. The third-order valence-electron chi connectivity index (χ3n) is 5.93. The van der Waals surface area contributed by atoms with Crippen LogP contribution in [-0.4, -0.2) is 0 Å². The predicted octanol–water partition coefficient (Wildman–Crippen LogP) is 6.16. The third-order valence-corrected chi connectivity index (χ3v) is 5.93. The molecule has 0 saturated heterocycles. The molecular weight excluding hydrogens is 324 g/mol. The number of fused-ring (bicyclic) bond motifs is 1. The Balaban J connectivity index is 1.80. The molecule has 0 bridgehead atoms. The summed E-state index contributed by atoms with van der Waals surface area (Å²) in [6.45, 7) is 0. The van der Waals surface area contributed by atoms with Crippen LogP contribution in [0.25, 0.3) is 0 Å². The molecule has 0 heterocycles. The van der Waals surface area contributed by atoms with E-state index in [1.54, 1.807) is 0 Å². The molecule has 0 nitrogen and oxygen atoms in total. The Morgan fingerprint density at radius 1 is 0.630 bits per heavy atom. The molecule has 4 aromatic rings. The molecule has 128 valence electrons. The van der Waals surface area contributed by atoms with E-state index >= 15 is 0 Å². The van der Waals surface area contributed by atoms with Gasteiger partial charge < -0.3 is 0 Å². The molecule has 0 N–H and O–H groups in total. The van der Waals surface area contributed by atoms with Gasteiger partial charge in [0.25, 0.3) is 0 Å². The summed E-state index contributed by atoms with van der Waals surface area (Å²) < 4.78 is 0. The third kappa shape index (κ3) is 2.52. The average Bonchev–Trinajstić information content (AvgIpc) is 3.12. The number of rotatable bonds is 3. The van der Waals surface area contributed by atoms with Crippen molar-refractivity contribution < 1.29 is 0 Å². The van der Waals surface area contributed by atoms with E-state index in [1.807, 2.05) is 24.3 Å². The normalized spacial score (nSPS) is 17.4. The first kappa shape index (κ1) is 16.1. The summed E-state index contributed by atoms with van der Waals surface area (Å²) in [5, 5.41) is 0. The van der Waals surface area contributed by atoms with Gasteiger partial charge in [-0.2, -0.15) is 0 Å². The molecule has 1 atom stereocenters. The predicted molar refractivity (Wildman–Crippen MR) is 110 cm³/mol. The lowest BCUT2D eigenvalue weighted by molar-refractivity contribution is 0.577. The fourth-order valence-electron chi connectivity index (χ4n) is 4.75. The van der Waals surface area contributed by atoms with Gasteiger partial charge in [0, 0.05) is 11.3 Å². The van der Waals surface area contributed by atoms with Crippen LogP contribution in [0.5, 0.6) is 0 Å². The van der Waals surface area contributed by atoms with Gasteiger partial charge >= 0.3 is 0 Å². The van der Waals surface area contributed by atoms with Crippen LogP contribution >= 0.6 is 0 Å². The smallest absolute Gasteiger partial charge is 0.0463 e. The van der Waals surface area contributed by atoms with Crippen molar-refractivity contribution >= 4 is 0 Å². The molecule has 0 aromatic heterocycles. The lowest BCUT2D eigenvalue weighted by Crippen LogP contribution is -2.26. The lowest BCUT2D eigenvalue weighted by atomic mass is 9.69. The molecule has 0 fully saturated rings. The largest absolute Gasteiger partial charge is 0.0622 e. The van der Waals surface area contributed by atoms with Crippen molar-refractivity contribution in [2.45, 2.75) is 17.8 Å². The fraction of sp³-hybridized carbons (Fsp3) is 0.111. The number of hydrogen-bond acceptors (Lipinski definition) is 0. The fourth-order valence-corrected chi connectivity index (χ4v) is 4.75. The summed E-state index contributed by atoms with van der Waals surface area (Å²) >= 11 is 0. The molecule has 0 aliphatic heterocycles. The Bertz CT molecular complexity index is 993. The van der Waals surface area contributed by atoms with Crippen molar-refractivity contribution in [3.63, 3.8) is 0 Å². The Morgan fingerprint density at radius 2 is 1.19 bits per heavy atom. The van der Waals surface area contributed by atoms with Crippen molar-refractivity contribution in [2.75, 3.05) is 0 Å². The van der Waals surface area contributed by atoms with Crippen molar-refractivity contribution in [3.8, 4) is 0 Å². The Morgan fingerprint density at radius 3 is 1.81 bits per heavy atom. The van der Waals surface area contributed by atoms with Crippen molar-refractivity contribution in [2.24, 2.45) is 0 Å². The Kier molecular flexibility index (Phi) is 3.90. The molecule has 4 aromatic carbocycles. The summed E-state index contributed by atoms with van der Waals surface area (Å²) in [5.74, 6) is 0.385. The lowest BCUT2D eigenvalue weighted by Gasteiger charge is -2.32. The molecule has 0 spiro atoms. The summed E-state index contributed by atoms with van der Waals surface area (Å²) in [5.41, 5.74) is 6.75. The van der Waals surface area contributed by atoms with E-state index in [0.717, 1.165) is 6.42 Å². The van der Waals surface area contributed by atoms with E-state index in [4.69, 9.17) is 0 Å². The van der Waals surface area contributed by atoms with Gasteiger partial charge in [0.15, 0.2) is 0 Å². The van der Waals surface area contributed by atoms with E-state index in [9.17, 15) is 0 Å². The first-order valence-corrected chi connectivity index (χ1v) is 9.47. The molecule has 1 aliphatic rings. The summed E-state index contributed by atoms with van der Waals surface area (Å²) in [4.78, 5) is 0. The van der Waals surface area contributed by atoms with E-state index in [0.29, 0.717) is 5.92 Å². The van der Waals surface area contributed by atoms with E-state index in [2.05, 4.69) is 91.0 Å². The van der Waals surface area contributed by atoms with Gasteiger partial charge in [-0.3, -0.25) is 0 Å². The molecular formula is C27H20. The molecule has 0 heteroatoms. The average molecular weight is 344 g/mol. The van der Waals surface area contributed by atoms with Gasteiger partial charge in [-0.05, 0) is 46.4 Å². The van der Waals surface area contributed by atoms with Crippen LogP contribution in [-0.2, 0) is 5.41 Å². The minimum Gasteiger partial charge on any atom is -0.0622 e. The van der Waals surface area contributed by atoms with Gasteiger partial charge in [0.1, 0.15) is 0 Å². The zero-order valence-electron chi connectivity index (χ0n) is 15.1. The van der Waals surface area contributed by atoms with E-state index < -0.39 is 0 Å². The topological polar surface area (TPSA) is 0 Å². The maximum Gasteiger partial charge on any atom is 0.0463 e. The highest BCUT2D eigenvalue weighted by molar-refractivity contribution is 5.59. The second-order valence-corrected chi connectivity index (χ2v) is 7.24. The molecule has 0 amide bonds. The first-order chi connectivity index (χ1) is 13.4. The van der Waals surface area contributed by atoms with Gasteiger partial charge in [0.2, 0.25) is 0 Å². The monoisotopic (exact) mass is 344 g/mol. The second-order valence-electron chi connectivity index (χ2n) is 7.24. The van der Waals surface area contributed by atoms with Gasteiger partial charge in [-0.15, -0.1) is 0 Å². The maximum atomic E-state index is 3.19.